The molecule has 0 radical (unpaired) electrons. The van der Waals surface area contributed by atoms with Crippen molar-refractivity contribution in [3.63, 3.8) is 0 Å². The highest BCUT2D eigenvalue weighted by atomic mass is 15.1. The third kappa shape index (κ3) is 3.08. The summed E-state index contributed by atoms with van der Waals surface area (Å²) in [5.74, 6) is 0.741. The fraction of sp³-hybridized carbons (Fsp3) is 0.357. The zero-order valence-corrected chi connectivity index (χ0v) is 17.9. The van der Waals surface area contributed by atoms with Gasteiger partial charge in [0.05, 0.1) is 0 Å². The van der Waals surface area contributed by atoms with Crippen molar-refractivity contribution in [3.8, 4) is 11.1 Å². The summed E-state index contributed by atoms with van der Waals surface area (Å²) in [5, 5.41) is 0. The smallest absolute Gasteiger partial charge is 0.0411 e. The normalized spacial score (nSPS) is 17.6. The molecule has 0 aliphatic heterocycles. The third-order valence-electron chi connectivity index (χ3n) is 7.29. The van der Waals surface area contributed by atoms with E-state index in [-0.39, 0.29) is 5.41 Å². The molecule has 29 heavy (non-hydrogen) atoms. The van der Waals surface area contributed by atoms with Crippen LogP contribution in [-0.4, -0.2) is 7.05 Å². The number of anilines is 2. The van der Waals surface area contributed by atoms with Crippen molar-refractivity contribution in [3.05, 3.63) is 83.4 Å². The molecule has 148 valence electrons. The Balaban J connectivity index is 1.49. The second-order valence-corrected chi connectivity index (χ2v) is 9.39. The van der Waals surface area contributed by atoms with Crippen LogP contribution in [0.1, 0.15) is 68.6 Å². The Morgan fingerprint density at radius 1 is 0.724 bits per heavy atom. The quantitative estimate of drug-likeness (QED) is 0.447. The Morgan fingerprint density at radius 2 is 1.45 bits per heavy atom. The Labute approximate surface area is 175 Å². The largest absolute Gasteiger partial charge is 0.345 e. The molecule has 0 heterocycles. The molecule has 1 saturated carbocycles. The molecular weight excluding hydrogens is 350 g/mol. The van der Waals surface area contributed by atoms with E-state index in [1.807, 2.05) is 0 Å². The van der Waals surface area contributed by atoms with Crippen LogP contribution >= 0.6 is 0 Å². The molecule has 0 saturated heterocycles. The van der Waals surface area contributed by atoms with Crippen LogP contribution in [0.2, 0.25) is 0 Å². The molecule has 3 aromatic rings. The van der Waals surface area contributed by atoms with Gasteiger partial charge in [0.25, 0.3) is 0 Å². The Kier molecular flexibility index (Phi) is 4.50. The minimum Gasteiger partial charge on any atom is -0.345 e. The summed E-state index contributed by atoms with van der Waals surface area (Å²) in [4.78, 5) is 2.35. The van der Waals surface area contributed by atoms with E-state index in [2.05, 4.69) is 92.5 Å². The first kappa shape index (κ1) is 18.5. The Bertz CT molecular complexity index is 1040. The molecule has 0 aromatic heterocycles. The molecule has 0 spiro atoms. The summed E-state index contributed by atoms with van der Waals surface area (Å²) in [7, 11) is 2.21. The summed E-state index contributed by atoms with van der Waals surface area (Å²) < 4.78 is 0. The van der Waals surface area contributed by atoms with Gasteiger partial charge in [0.1, 0.15) is 0 Å². The van der Waals surface area contributed by atoms with Crippen LogP contribution in [0.15, 0.2) is 66.7 Å². The lowest BCUT2D eigenvalue weighted by Crippen LogP contribution is -2.16. The Morgan fingerprint density at radius 3 is 2.28 bits per heavy atom. The third-order valence-corrected chi connectivity index (χ3v) is 7.29. The fourth-order valence-electron chi connectivity index (χ4n) is 5.47. The van der Waals surface area contributed by atoms with Crippen LogP contribution in [0, 0.1) is 0 Å². The predicted molar refractivity (Wildman–Crippen MR) is 124 cm³/mol. The van der Waals surface area contributed by atoms with Crippen molar-refractivity contribution in [2.24, 2.45) is 0 Å². The number of benzene rings is 3. The predicted octanol–water partition coefficient (Wildman–Crippen LogP) is 7.81. The van der Waals surface area contributed by atoms with Gasteiger partial charge in [-0.1, -0.05) is 75.6 Å². The minimum atomic E-state index is 0.0483. The molecule has 0 unspecified atom stereocenters. The second kappa shape index (κ2) is 7.06. The van der Waals surface area contributed by atoms with Gasteiger partial charge in [-0.2, -0.15) is 0 Å². The SMILES string of the molecule is CN(c1cccc(C2CCCCC2)c1)c1ccc2c(c1)C(C)(C)c1ccccc1-2. The van der Waals surface area contributed by atoms with E-state index in [0.29, 0.717) is 0 Å². The number of fused-ring (bicyclic) bond motifs is 3. The van der Waals surface area contributed by atoms with E-state index < -0.39 is 0 Å². The van der Waals surface area contributed by atoms with E-state index in [1.165, 1.54) is 71.3 Å². The summed E-state index contributed by atoms with van der Waals surface area (Å²) in [6.45, 7) is 4.70. The topological polar surface area (TPSA) is 3.24 Å². The highest BCUT2D eigenvalue weighted by Crippen LogP contribution is 2.49. The van der Waals surface area contributed by atoms with Gasteiger partial charge in [-0.05, 0) is 70.8 Å². The maximum Gasteiger partial charge on any atom is 0.0411 e. The van der Waals surface area contributed by atoms with Gasteiger partial charge in [0.2, 0.25) is 0 Å². The van der Waals surface area contributed by atoms with Crippen molar-refractivity contribution in [1.82, 2.24) is 0 Å². The van der Waals surface area contributed by atoms with Gasteiger partial charge in [-0.15, -0.1) is 0 Å². The van der Waals surface area contributed by atoms with Gasteiger partial charge >= 0.3 is 0 Å². The van der Waals surface area contributed by atoms with Gasteiger partial charge in [-0.25, -0.2) is 0 Å². The highest BCUT2D eigenvalue weighted by molar-refractivity contribution is 5.83. The average molecular weight is 382 g/mol. The molecule has 0 N–H and O–H groups in total. The first-order valence-corrected chi connectivity index (χ1v) is 11.1. The monoisotopic (exact) mass is 381 g/mol. The number of hydrogen-bond acceptors (Lipinski definition) is 1. The molecule has 0 amide bonds. The molecule has 1 heteroatoms. The van der Waals surface area contributed by atoms with Crippen molar-refractivity contribution >= 4 is 11.4 Å². The molecule has 1 fully saturated rings. The maximum absolute atomic E-state index is 2.42. The van der Waals surface area contributed by atoms with E-state index in [4.69, 9.17) is 0 Å². The first-order valence-electron chi connectivity index (χ1n) is 11.1. The Hall–Kier alpha value is -2.54. The zero-order valence-electron chi connectivity index (χ0n) is 17.9. The van der Waals surface area contributed by atoms with E-state index in [1.54, 1.807) is 0 Å². The standard InChI is InChI=1S/C28H31N/c1-28(2)26-15-8-7-14-24(26)25-17-16-23(19-27(25)28)29(3)22-13-9-12-21(18-22)20-10-5-4-6-11-20/h7-9,12-20H,4-6,10-11H2,1-3H3. The summed E-state index contributed by atoms with van der Waals surface area (Å²) >= 11 is 0. The van der Waals surface area contributed by atoms with E-state index >= 15 is 0 Å². The van der Waals surface area contributed by atoms with Crippen LogP contribution in [0.5, 0.6) is 0 Å². The zero-order chi connectivity index (χ0) is 20.0. The number of hydrogen-bond donors (Lipinski definition) is 0. The molecule has 0 atom stereocenters. The summed E-state index contributed by atoms with van der Waals surface area (Å²) in [6.07, 6.45) is 6.86. The highest BCUT2D eigenvalue weighted by Gasteiger charge is 2.35. The van der Waals surface area contributed by atoms with Gasteiger partial charge in [-0.3, -0.25) is 0 Å². The van der Waals surface area contributed by atoms with Gasteiger partial charge in [0, 0.05) is 23.8 Å². The lowest BCUT2D eigenvalue weighted by molar-refractivity contribution is 0.443. The molecule has 5 rings (SSSR count). The molecule has 2 aliphatic rings. The van der Waals surface area contributed by atoms with Gasteiger partial charge < -0.3 is 4.90 Å². The van der Waals surface area contributed by atoms with Gasteiger partial charge in [0.15, 0.2) is 0 Å². The first-order chi connectivity index (χ1) is 14.1. The average Bonchev–Trinajstić information content (AvgIpc) is 3.01. The van der Waals surface area contributed by atoms with Crippen molar-refractivity contribution in [1.29, 1.82) is 0 Å². The number of nitrogens with zero attached hydrogens (tertiary/aromatic N) is 1. The van der Waals surface area contributed by atoms with Crippen LogP contribution in [0.4, 0.5) is 11.4 Å². The fourth-order valence-corrected chi connectivity index (χ4v) is 5.47. The minimum absolute atomic E-state index is 0.0483. The van der Waals surface area contributed by atoms with Crippen LogP contribution in [-0.2, 0) is 5.41 Å². The lowest BCUT2D eigenvalue weighted by atomic mass is 9.82. The molecule has 0 bridgehead atoms. The molecular formula is C28H31N. The number of rotatable bonds is 3. The second-order valence-electron chi connectivity index (χ2n) is 9.39. The van der Waals surface area contributed by atoms with Crippen molar-refractivity contribution in [2.45, 2.75) is 57.3 Å². The van der Waals surface area contributed by atoms with E-state index in [9.17, 15) is 0 Å². The molecule has 3 aromatic carbocycles. The van der Waals surface area contributed by atoms with Crippen molar-refractivity contribution < 1.29 is 0 Å². The van der Waals surface area contributed by atoms with Crippen LogP contribution < -0.4 is 4.90 Å². The maximum atomic E-state index is 2.42. The van der Waals surface area contributed by atoms with Crippen molar-refractivity contribution in [2.75, 3.05) is 11.9 Å². The lowest BCUT2D eigenvalue weighted by Gasteiger charge is -2.26. The van der Waals surface area contributed by atoms with Crippen LogP contribution in [0.3, 0.4) is 0 Å². The summed E-state index contributed by atoms with van der Waals surface area (Å²) in [6, 6.07) is 25.1. The van der Waals surface area contributed by atoms with Crippen LogP contribution in [0.25, 0.3) is 11.1 Å². The molecule has 1 nitrogen and oxygen atoms in total. The summed E-state index contributed by atoms with van der Waals surface area (Å²) in [5.41, 5.74) is 9.78. The molecule has 2 aliphatic carbocycles. The van der Waals surface area contributed by atoms with E-state index in [0.717, 1.165) is 5.92 Å².